The molecule has 3 heterocycles. The number of amides is 1. The third kappa shape index (κ3) is 3.01. The highest BCUT2D eigenvalue weighted by Crippen LogP contribution is 2.36. The summed E-state index contributed by atoms with van der Waals surface area (Å²) in [5.41, 5.74) is 4.03. The molecule has 5 rings (SSSR count). The Labute approximate surface area is 162 Å². The normalized spacial score (nSPS) is 14.8. The van der Waals surface area contributed by atoms with Crippen molar-refractivity contribution < 1.29 is 18.7 Å². The number of ether oxygens (including phenoxy) is 2. The van der Waals surface area contributed by atoms with Crippen LogP contribution in [0.4, 0.5) is 0 Å². The van der Waals surface area contributed by atoms with Gasteiger partial charge in [0.15, 0.2) is 11.5 Å². The molecule has 3 aromatic rings. The number of nitrogens with zero attached hydrogens (tertiary/aromatic N) is 2. The van der Waals surface area contributed by atoms with Crippen molar-refractivity contribution in [1.29, 1.82) is 0 Å². The molecule has 0 aliphatic carbocycles. The van der Waals surface area contributed by atoms with Crippen LogP contribution in [0.15, 0.2) is 46.9 Å². The first kappa shape index (κ1) is 16.9. The Morgan fingerprint density at radius 3 is 2.82 bits per heavy atom. The highest BCUT2D eigenvalue weighted by molar-refractivity contribution is 5.79. The van der Waals surface area contributed by atoms with Crippen molar-refractivity contribution in [2.24, 2.45) is 0 Å². The molecule has 1 aromatic heterocycles. The summed E-state index contributed by atoms with van der Waals surface area (Å²) in [7, 11) is 0. The molecular weight excluding hydrogens is 356 g/mol. The first-order valence-corrected chi connectivity index (χ1v) is 9.38. The van der Waals surface area contributed by atoms with Crippen LogP contribution in [0.5, 0.6) is 11.5 Å². The highest BCUT2D eigenvalue weighted by atomic mass is 16.7. The van der Waals surface area contributed by atoms with Crippen molar-refractivity contribution in [3.05, 3.63) is 65.0 Å². The number of aromatic nitrogens is 1. The molecule has 28 heavy (non-hydrogen) atoms. The third-order valence-corrected chi connectivity index (χ3v) is 5.31. The molecule has 0 atom stereocenters. The van der Waals surface area contributed by atoms with E-state index in [1.165, 1.54) is 11.1 Å². The molecule has 0 N–H and O–H groups in total. The standard InChI is InChI=1S/C22H20N2O4/c1-14-18(11-21(25)24-9-8-15-4-2-3-5-17(15)12-24)23-22(28-14)16-6-7-19-20(10-16)27-13-26-19/h2-7,10H,8-9,11-13H2,1H3. The van der Waals surface area contributed by atoms with E-state index < -0.39 is 0 Å². The van der Waals surface area contributed by atoms with Gasteiger partial charge in [0.05, 0.1) is 12.1 Å². The van der Waals surface area contributed by atoms with Crippen LogP contribution in [-0.2, 0) is 24.2 Å². The van der Waals surface area contributed by atoms with Gasteiger partial charge in [0.2, 0.25) is 18.6 Å². The Bertz CT molecular complexity index is 1060. The maximum absolute atomic E-state index is 12.8. The van der Waals surface area contributed by atoms with E-state index in [4.69, 9.17) is 13.9 Å². The topological polar surface area (TPSA) is 64.8 Å². The fourth-order valence-electron chi connectivity index (χ4n) is 3.71. The average Bonchev–Trinajstić information content (AvgIpc) is 3.33. The zero-order valence-corrected chi connectivity index (χ0v) is 15.6. The second-order valence-corrected chi connectivity index (χ2v) is 7.10. The maximum Gasteiger partial charge on any atom is 0.231 e. The summed E-state index contributed by atoms with van der Waals surface area (Å²) < 4.78 is 16.6. The predicted molar refractivity (Wildman–Crippen MR) is 102 cm³/mol. The third-order valence-electron chi connectivity index (χ3n) is 5.31. The van der Waals surface area contributed by atoms with E-state index >= 15 is 0 Å². The quantitative estimate of drug-likeness (QED) is 0.700. The van der Waals surface area contributed by atoms with Crippen LogP contribution in [0.2, 0.25) is 0 Å². The summed E-state index contributed by atoms with van der Waals surface area (Å²) in [4.78, 5) is 19.3. The molecule has 6 nitrogen and oxygen atoms in total. The van der Waals surface area contributed by atoms with Crippen molar-refractivity contribution in [2.75, 3.05) is 13.3 Å². The fraction of sp³-hybridized carbons (Fsp3) is 0.273. The van der Waals surface area contributed by atoms with E-state index in [9.17, 15) is 4.79 Å². The lowest BCUT2D eigenvalue weighted by atomic mass is 9.99. The fourth-order valence-corrected chi connectivity index (χ4v) is 3.71. The number of fused-ring (bicyclic) bond motifs is 2. The molecule has 142 valence electrons. The van der Waals surface area contributed by atoms with Crippen molar-refractivity contribution in [3.63, 3.8) is 0 Å². The molecule has 1 amide bonds. The summed E-state index contributed by atoms with van der Waals surface area (Å²) in [5, 5.41) is 0. The second-order valence-electron chi connectivity index (χ2n) is 7.10. The van der Waals surface area contributed by atoms with Gasteiger partial charge in [0.25, 0.3) is 0 Å². The van der Waals surface area contributed by atoms with Crippen LogP contribution in [0.3, 0.4) is 0 Å². The molecule has 2 aliphatic heterocycles. The lowest BCUT2D eigenvalue weighted by Gasteiger charge is -2.28. The number of carbonyl (C=O) groups is 1. The average molecular weight is 376 g/mol. The Morgan fingerprint density at radius 2 is 1.93 bits per heavy atom. The minimum Gasteiger partial charge on any atom is -0.454 e. The number of benzene rings is 2. The smallest absolute Gasteiger partial charge is 0.231 e. The SMILES string of the molecule is Cc1oc(-c2ccc3c(c2)OCO3)nc1CC(=O)N1CCc2ccccc2C1. The molecule has 2 aliphatic rings. The van der Waals surface area contributed by atoms with Gasteiger partial charge in [-0.3, -0.25) is 4.79 Å². The van der Waals surface area contributed by atoms with E-state index in [1.807, 2.05) is 42.2 Å². The van der Waals surface area contributed by atoms with E-state index in [2.05, 4.69) is 17.1 Å². The van der Waals surface area contributed by atoms with Crippen LogP contribution < -0.4 is 9.47 Å². The van der Waals surface area contributed by atoms with E-state index in [1.54, 1.807) is 0 Å². The molecule has 0 spiro atoms. The number of hydrogen-bond donors (Lipinski definition) is 0. The largest absolute Gasteiger partial charge is 0.454 e. The molecular formula is C22H20N2O4. The van der Waals surface area contributed by atoms with Gasteiger partial charge in [0.1, 0.15) is 5.76 Å². The van der Waals surface area contributed by atoms with Gasteiger partial charge < -0.3 is 18.8 Å². The number of carbonyl (C=O) groups excluding carboxylic acids is 1. The Balaban J connectivity index is 1.33. The van der Waals surface area contributed by atoms with Crippen molar-refractivity contribution in [3.8, 4) is 23.0 Å². The monoisotopic (exact) mass is 376 g/mol. The Hall–Kier alpha value is -3.28. The minimum atomic E-state index is 0.0724. The predicted octanol–water partition coefficient (Wildman–Crippen LogP) is 3.51. The molecule has 0 saturated heterocycles. The molecule has 2 aromatic carbocycles. The van der Waals surface area contributed by atoms with Crippen LogP contribution in [0.1, 0.15) is 22.6 Å². The summed E-state index contributed by atoms with van der Waals surface area (Å²) >= 11 is 0. The zero-order valence-electron chi connectivity index (χ0n) is 15.6. The van der Waals surface area contributed by atoms with Gasteiger partial charge in [-0.05, 0) is 42.7 Å². The Morgan fingerprint density at radius 1 is 1.11 bits per heavy atom. The van der Waals surface area contributed by atoms with E-state index in [0.717, 1.165) is 18.5 Å². The molecule has 6 heteroatoms. The highest BCUT2D eigenvalue weighted by Gasteiger charge is 2.23. The van der Waals surface area contributed by atoms with E-state index in [0.29, 0.717) is 35.4 Å². The first-order valence-electron chi connectivity index (χ1n) is 9.38. The molecule has 0 fully saturated rings. The van der Waals surface area contributed by atoms with Gasteiger partial charge in [-0.25, -0.2) is 4.98 Å². The maximum atomic E-state index is 12.8. The minimum absolute atomic E-state index is 0.0724. The number of aryl methyl sites for hydroxylation is 1. The summed E-state index contributed by atoms with van der Waals surface area (Å²) in [6, 6.07) is 13.9. The van der Waals surface area contributed by atoms with Crippen LogP contribution in [0, 0.1) is 6.92 Å². The lowest BCUT2D eigenvalue weighted by Crippen LogP contribution is -2.37. The van der Waals surface area contributed by atoms with Crippen molar-refractivity contribution in [2.45, 2.75) is 26.3 Å². The van der Waals surface area contributed by atoms with Gasteiger partial charge in [-0.2, -0.15) is 0 Å². The van der Waals surface area contributed by atoms with Crippen molar-refractivity contribution >= 4 is 5.91 Å². The van der Waals surface area contributed by atoms with Gasteiger partial charge in [-0.1, -0.05) is 24.3 Å². The lowest BCUT2D eigenvalue weighted by molar-refractivity contribution is -0.131. The summed E-state index contributed by atoms with van der Waals surface area (Å²) in [5.74, 6) is 2.62. The van der Waals surface area contributed by atoms with Crippen LogP contribution >= 0.6 is 0 Å². The first-order chi connectivity index (χ1) is 13.7. The number of rotatable bonds is 3. The molecule has 0 unspecified atom stereocenters. The van der Waals surface area contributed by atoms with E-state index in [-0.39, 0.29) is 19.1 Å². The van der Waals surface area contributed by atoms with Gasteiger partial charge in [0, 0.05) is 18.7 Å². The Kier molecular flexibility index (Phi) is 4.04. The number of hydrogen-bond acceptors (Lipinski definition) is 5. The zero-order chi connectivity index (χ0) is 19.1. The summed E-state index contributed by atoms with van der Waals surface area (Å²) in [6.07, 6.45) is 1.13. The van der Waals surface area contributed by atoms with Gasteiger partial charge >= 0.3 is 0 Å². The number of oxazole rings is 1. The van der Waals surface area contributed by atoms with Crippen LogP contribution in [-0.4, -0.2) is 29.1 Å². The molecule has 0 bridgehead atoms. The second kappa shape index (κ2) is 6.71. The molecule has 0 radical (unpaired) electrons. The summed E-state index contributed by atoms with van der Waals surface area (Å²) in [6.45, 7) is 3.46. The molecule has 0 saturated carbocycles. The van der Waals surface area contributed by atoms with Crippen LogP contribution in [0.25, 0.3) is 11.5 Å². The van der Waals surface area contributed by atoms with Crippen molar-refractivity contribution in [1.82, 2.24) is 9.88 Å². The van der Waals surface area contributed by atoms with Gasteiger partial charge in [-0.15, -0.1) is 0 Å².